The highest BCUT2D eigenvalue weighted by Gasteiger charge is 1.94. The Morgan fingerprint density at radius 1 is 0.947 bits per heavy atom. The third-order valence-electron chi connectivity index (χ3n) is 2.80. The lowest BCUT2D eigenvalue weighted by molar-refractivity contribution is 0.793. The first-order valence-corrected chi connectivity index (χ1v) is 6.66. The van der Waals surface area contributed by atoms with Gasteiger partial charge in [-0.15, -0.1) is 0 Å². The summed E-state index contributed by atoms with van der Waals surface area (Å²) in [5, 5.41) is 6.70. The molecule has 0 aliphatic rings. The van der Waals surface area contributed by atoms with Crippen molar-refractivity contribution in [2.45, 2.75) is 19.8 Å². The number of rotatable bonds is 7. The maximum absolute atomic E-state index is 4.22. The predicted molar refractivity (Wildman–Crippen MR) is 79.4 cm³/mol. The Bertz CT molecular complexity index is 485. The van der Waals surface area contributed by atoms with E-state index in [0.29, 0.717) is 0 Å². The third-order valence-corrected chi connectivity index (χ3v) is 2.80. The van der Waals surface area contributed by atoms with E-state index >= 15 is 0 Å². The van der Waals surface area contributed by atoms with Gasteiger partial charge in [-0.1, -0.05) is 6.07 Å². The molecule has 2 rings (SSSR count). The zero-order chi connectivity index (χ0) is 13.3. The number of nitrogens with zero attached hydrogens (tertiary/aromatic N) is 2. The molecule has 0 aliphatic heterocycles. The number of nitrogens with one attached hydrogen (secondary N) is 2. The molecule has 0 aromatic carbocycles. The monoisotopic (exact) mass is 256 g/mol. The van der Waals surface area contributed by atoms with Gasteiger partial charge < -0.3 is 10.6 Å². The molecule has 0 bridgehead atoms. The van der Waals surface area contributed by atoms with Crippen molar-refractivity contribution in [1.29, 1.82) is 0 Å². The van der Waals surface area contributed by atoms with Crippen molar-refractivity contribution < 1.29 is 0 Å². The normalized spacial score (nSPS) is 10.2. The Hall–Kier alpha value is -2.10. The maximum Gasteiger partial charge on any atom is 0.125 e. The number of hydrogen-bond acceptors (Lipinski definition) is 4. The molecule has 0 saturated heterocycles. The van der Waals surface area contributed by atoms with E-state index < -0.39 is 0 Å². The summed E-state index contributed by atoms with van der Waals surface area (Å²) in [7, 11) is 0. The van der Waals surface area contributed by atoms with E-state index in [-0.39, 0.29) is 0 Å². The van der Waals surface area contributed by atoms with Crippen LogP contribution in [0.2, 0.25) is 0 Å². The minimum atomic E-state index is 0.945. The first-order chi connectivity index (χ1) is 9.34. The minimum absolute atomic E-state index is 0.945. The number of aromatic nitrogens is 2. The van der Waals surface area contributed by atoms with Gasteiger partial charge in [0.05, 0.1) is 0 Å². The van der Waals surface area contributed by atoms with Crippen LogP contribution in [-0.2, 0) is 0 Å². The molecule has 19 heavy (non-hydrogen) atoms. The summed E-state index contributed by atoms with van der Waals surface area (Å²) < 4.78 is 0. The molecule has 4 nitrogen and oxygen atoms in total. The number of unbranched alkanes of at least 4 members (excludes halogenated alkanes) is 1. The van der Waals surface area contributed by atoms with Crippen LogP contribution in [0.25, 0.3) is 0 Å². The van der Waals surface area contributed by atoms with Gasteiger partial charge in [-0.25, -0.2) is 4.98 Å². The Kier molecular flexibility index (Phi) is 5.17. The summed E-state index contributed by atoms with van der Waals surface area (Å²) >= 11 is 0. The number of anilines is 2. The molecule has 2 heterocycles. The molecule has 100 valence electrons. The van der Waals surface area contributed by atoms with Gasteiger partial charge in [-0.3, -0.25) is 4.98 Å². The van der Waals surface area contributed by atoms with Crippen LogP contribution in [0.3, 0.4) is 0 Å². The molecule has 0 spiro atoms. The molecule has 0 radical (unpaired) electrons. The second-order valence-corrected chi connectivity index (χ2v) is 4.46. The van der Waals surface area contributed by atoms with E-state index in [2.05, 4.69) is 26.7 Å². The first kappa shape index (κ1) is 13.3. The van der Waals surface area contributed by atoms with Crippen molar-refractivity contribution in [1.82, 2.24) is 9.97 Å². The van der Waals surface area contributed by atoms with Crippen LogP contribution in [0.5, 0.6) is 0 Å². The predicted octanol–water partition coefficient (Wildman–Crippen LogP) is 3.09. The number of aryl methyl sites for hydroxylation is 1. The van der Waals surface area contributed by atoms with Crippen molar-refractivity contribution in [3.05, 3.63) is 48.4 Å². The fourth-order valence-electron chi connectivity index (χ4n) is 1.82. The van der Waals surface area contributed by atoms with Gasteiger partial charge in [0.25, 0.3) is 0 Å². The van der Waals surface area contributed by atoms with Crippen LogP contribution in [0.15, 0.2) is 42.7 Å². The molecule has 0 fully saturated rings. The number of hydrogen-bond donors (Lipinski definition) is 2. The van der Waals surface area contributed by atoms with E-state index in [9.17, 15) is 0 Å². The Morgan fingerprint density at radius 2 is 1.79 bits per heavy atom. The largest absolute Gasteiger partial charge is 0.385 e. The standard InChI is InChI=1S/C15H20N4/c1-13-12-14(7-11-16-13)17-8-4-5-10-19-15-6-2-3-9-18-15/h2-3,6-7,9,11-12H,4-5,8,10H2,1H3,(H,16,17)(H,18,19). The van der Waals surface area contributed by atoms with Crippen molar-refractivity contribution in [3.8, 4) is 0 Å². The molecule has 4 heteroatoms. The quantitative estimate of drug-likeness (QED) is 0.747. The second kappa shape index (κ2) is 7.36. The van der Waals surface area contributed by atoms with Gasteiger partial charge in [0, 0.05) is 36.9 Å². The van der Waals surface area contributed by atoms with Crippen LogP contribution in [-0.4, -0.2) is 23.1 Å². The molecule has 0 aliphatic carbocycles. The maximum atomic E-state index is 4.22. The zero-order valence-corrected chi connectivity index (χ0v) is 11.3. The summed E-state index contributed by atoms with van der Waals surface area (Å²) in [6.45, 7) is 3.93. The highest BCUT2D eigenvalue weighted by Crippen LogP contribution is 2.07. The minimum Gasteiger partial charge on any atom is -0.385 e. The molecule has 0 amide bonds. The molecular formula is C15H20N4. The fourth-order valence-corrected chi connectivity index (χ4v) is 1.82. The van der Waals surface area contributed by atoms with Gasteiger partial charge in [0.2, 0.25) is 0 Å². The molecule has 2 aromatic rings. The smallest absolute Gasteiger partial charge is 0.125 e. The van der Waals surface area contributed by atoms with Crippen LogP contribution in [0.4, 0.5) is 11.5 Å². The van der Waals surface area contributed by atoms with Crippen molar-refractivity contribution in [3.63, 3.8) is 0 Å². The lowest BCUT2D eigenvalue weighted by Crippen LogP contribution is -2.07. The summed E-state index contributed by atoms with van der Waals surface area (Å²) in [4.78, 5) is 8.39. The van der Waals surface area contributed by atoms with Gasteiger partial charge in [-0.2, -0.15) is 0 Å². The Balaban J connectivity index is 1.58. The van der Waals surface area contributed by atoms with Crippen LogP contribution in [0.1, 0.15) is 18.5 Å². The lowest BCUT2D eigenvalue weighted by atomic mass is 10.3. The average molecular weight is 256 g/mol. The SMILES string of the molecule is Cc1cc(NCCCCNc2ccccn2)ccn1. The zero-order valence-electron chi connectivity index (χ0n) is 11.3. The summed E-state index contributed by atoms with van der Waals surface area (Å²) in [6, 6.07) is 9.96. The third kappa shape index (κ3) is 4.95. The Labute approximate surface area is 114 Å². The van der Waals surface area contributed by atoms with Gasteiger partial charge in [0.15, 0.2) is 0 Å². The van der Waals surface area contributed by atoms with Crippen LogP contribution < -0.4 is 10.6 Å². The van der Waals surface area contributed by atoms with E-state index in [1.165, 1.54) is 0 Å². The van der Waals surface area contributed by atoms with Crippen molar-refractivity contribution >= 4 is 11.5 Å². The highest BCUT2D eigenvalue weighted by atomic mass is 15.0. The Morgan fingerprint density at radius 3 is 2.53 bits per heavy atom. The van der Waals surface area contributed by atoms with E-state index in [4.69, 9.17) is 0 Å². The van der Waals surface area contributed by atoms with E-state index in [1.54, 1.807) is 6.20 Å². The summed E-state index contributed by atoms with van der Waals surface area (Å²) in [6.07, 6.45) is 5.88. The van der Waals surface area contributed by atoms with Crippen molar-refractivity contribution in [2.75, 3.05) is 23.7 Å². The van der Waals surface area contributed by atoms with Gasteiger partial charge in [-0.05, 0) is 44.0 Å². The van der Waals surface area contributed by atoms with E-state index in [0.717, 1.165) is 43.1 Å². The average Bonchev–Trinajstić information content (AvgIpc) is 2.44. The second-order valence-electron chi connectivity index (χ2n) is 4.46. The van der Waals surface area contributed by atoms with Crippen LogP contribution >= 0.6 is 0 Å². The lowest BCUT2D eigenvalue weighted by Gasteiger charge is -2.07. The van der Waals surface area contributed by atoms with Gasteiger partial charge >= 0.3 is 0 Å². The molecular weight excluding hydrogens is 236 g/mol. The summed E-state index contributed by atoms with van der Waals surface area (Å²) in [5.74, 6) is 0.945. The first-order valence-electron chi connectivity index (χ1n) is 6.66. The summed E-state index contributed by atoms with van der Waals surface area (Å²) in [5.41, 5.74) is 2.19. The highest BCUT2D eigenvalue weighted by molar-refractivity contribution is 5.42. The van der Waals surface area contributed by atoms with Crippen molar-refractivity contribution in [2.24, 2.45) is 0 Å². The molecule has 2 N–H and O–H groups in total. The fraction of sp³-hybridized carbons (Fsp3) is 0.333. The molecule has 0 saturated carbocycles. The molecule has 0 atom stereocenters. The van der Waals surface area contributed by atoms with E-state index in [1.807, 2.05) is 37.4 Å². The molecule has 0 unspecified atom stereocenters. The molecule has 2 aromatic heterocycles. The topological polar surface area (TPSA) is 49.8 Å². The van der Waals surface area contributed by atoms with Crippen LogP contribution in [0, 0.1) is 6.92 Å². The number of pyridine rings is 2. The van der Waals surface area contributed by atoms with Gasteiger partial charge in [0.1, 0.15) is 5.82 Å².